The van der Waals surface area contributed by atoms with Gasteiger partial charge in [0.05, 0.1) is 0 Å². The van der Waals surface area contributed by atoms with Crippen LogP contribution in [0.5, 0.6) is 0 Å². The number of para-hydroxylation sites is 1. The average molecular weight is 345 g/mol. The van der Waals surface area contributed by atoms with E-state index in [0.29, 0.717) is 6.42 Å². The van der Waals surface area contributed by atoms with Crippen LogP contribution in [0.15, 0.2) is 53.0 Å². The molecule has 0 bridgehead atoms. The standard InChI is InChI=1S/C17H17BrN2O/c18-14-9-3-4-10-15(14)20-17(16(19)21)11-5-7-12-6-1-2-8-13(12)17/h1-4,6,8-10,20H,5,7,11H2,(H2,19,21). The van der Waals surface area contributed by atoms with E-state index in [-0.39, 0.29) is 5.91 Å². The Kier molecular flexibility index (Phi) is 3.72. The summed E-state index contributed by atoms with van der Waals surface area (Å²) in [5.41, 5.74) is 8.04. The van der Waals surface area contributed by atoms with Crippen molar-refractivity contribution in [3.8, 4) is 0 Å². The van der Waals surface area contributed by atoms with Gasteiger partial charge in [-0.15, -0.1) is 0 Å². The highest BCUT2D eigenvalue weighted by atomic mass is 79.9. The minimum atomic E-state index is -0.835. The van der Waals surface area contributed by atoms with Crippen molar-refractivity contribution in [1.29, 1.82) is 0 Å². The number of carbonyl (C=O) groups excluding carboxylic acids is 1. The third-order valence-electron chi connectivity index (χ3n) is 4.12. The highest BCUT2D eigenvalue weighted by Crippen LogP contribution is 2.39. The number of rotatable bonds is 3. The molecule has 2 aromatic rings. The van der Waals surface area contributed by atoms with Gasteiger partial charge in [0.15, 0.2) is 0 Å². The maximum absolute atomic E-state index is 12.3. The molecule has 1 unspecified atom stereocenters. The van der Waals surface area contributed by atoms with E-state index in [4.69, 9.17) is 5.73 Å². The molecule has 0 aliphatic heterocycles. The van der Waals surface area contributed by atoms with Gasteiger partial charge in [0.2, 0.25) is 5.91 Å². The summed E-state index contributed by atoms with van der Waals surface area (Å²) in [7, 11) is 0. The molecule has 4 heteroatoms. The molecule has 1 amide bonds. The molecule has 3 rings (SSSR count). The summed E-state index contributed by atoms with van der Waals surface area (Å²) in [5, 5.41) is 3.40. The fraction of sp³-hybridized carbons (Fsp3) is 0.235. The van der Waals surface area contributed by atoms with E-state index >= 15 is 0 Å². The normalized spacial score (nSPS) is 20.6. The minimum absolute atomic E-state index is 0.328. The predicted octanol–water partition coefficient (Wildman–Crippen LogP) is 3.58. The lowest BCUT2D eigenvalue weighted by molar-refractivity contribution is -0.123. The number of fused-ring (bicyclic) bond motifs is 1. The molecule has 0 heterocycles. The Morgan fingerprint density at radius 1 is 1.14 bits per heavy atom. The molecule has 0 saturated heterocycles. The summed E-state index contributed by atoms with van der Waals surface area (Å²) in [6, 6.07) is 15.8. The van der Waals surface area contributed by atoms with Crippen LogP contribution in [0.1, 0.15) is 24.0 Å². The Morgan fingerprint density at radius 3 is 2.62 bits per heavy atom. The maximum atomic E-state index is 12.3. The second-order valence-corrected chi connectivity index (χ2v) is 6.24. The fourth-order valence-corrected chi connectivity index (χ4v) is 3.46. The van der Waals surface area contributed by atoms with Gasteiger partial charge in [0.1, 0.15) is 5.54 Å². The zero-order valence-corrected chi connectivity index (χ0v) is 13.2. The number of carbonyl (C=O) groups is 1. The molecule has 1 aliphatic rings. The quantitative estimate of drug-likeness (QED) is 0.893. The first kappa shape index (κ1) is 14.1. The first-order valence-corrected chi connectivity index (χ1v) is 7.84. The average Bonchev–Trinajstić information content (AvgIpc) is 2.49. The summed E-state index contributed by atoms with van der Waals surface area (Å²) >= 11 is 3.52. The van der Waals surface area contributed by atoms with Crippen molar-refractivity contribution < 1.29 is 4.79 Å². The van der Waals surface area contributed by atoms with Crippen LogP contribution in [0.4, 0.5) is 5.69 Å². The number of primary amides is 1. The molecule has 0 spiro atoms. The monoisotopic (exact) mass is 344 g/mol. The van der Waals surface area contributed by atoms with Gasteiger partial charge in [0.25, 0.3) is 0 Å². The van der Waals surface area contributed by atoms with Gasteiger partial charge >= 0.3 is 0 Å². The summed E-state index contributed by atoms with van der Waals surface area (Å²) in [6.45, 7) is 0. The largest absolute Gasteiger partial charge is 0.367 e. The Bertz CT molecular complexity index is 686. The van der Waals surface area contributed by atoms with Crippen LogP contribution in [-0.4, -0.2) is 5.91 Å². The third kappa shape index (κ3) is 2.44. The van der Waals surface area contributed by atoms with Crippen LogP contribution in [0.3, 0.4) is 0 Å². The Balaban J connectivity index is 2.11. The Morgan fingerprint density at radius 2 is 1.86 bits per heavy atom. The molecule has 0 fully saturated rings. The van der Waals surface area contributed by atoms with E-state index in [1.807, 2.05) is 42.5 Å². The number of benzene rings is 2. The molecular formula is C17H17BrN2O. The molecule has 1 aliphatic carbocycles. The number of nitrogens with one attached hydrogen (secondary N) is 1. The van der Waals surface area contributed by atoms with Crippen LogP contribution in [0, 0.1) is 0 Å². The highest BCUT2D eigenvalue weighted by molar-refractivity contribution is 9.10. The Labute approximate surface area is 132 Å². The van der Waals surface area contributed by atoms with E-state index in [2.05, 4.69) is 27.3 Å². The summed E-state index contributed by atoms with van der Waals surface area (Å²) < 4.78 is 0.925. The third-order valence-corrected chi connectivity index (χ3v) is 4.81. The topological polar surface area (TPSA) is 55.1 Å². The molecule has 21 heavy (non-hydrogen) atoms. The molecule has 2 aromatic carbocycles. The van der Waals surface area contributed by atoms with Gasteiger partial charge in [0, 0.05) is 10.2 Å². The molecule has 0 saturated carbocycles. The number of anilines is 1. The number of hydrogen-bond acceptors (Lipinski definition) is 2. The van der Waals surface area contributed by atoms with E-state index in [9.17, 15) is 4.79 Å². The number of aryl methyl sites for hydroxylation is 1. The lowest BCUT2D eigenvalue weighted by Gasteiger charge is -2.38. The van der Waals surface area contributed by atoms with Gasteiger partial charge < -0.3 is 11.1 Å². The van der Waals surface area contributed by atoms with E-state index < -0.39 is 5.54 Å². The summed E-state index contributed by atoms with van der Waals surface area (Å²) in [6.07, 6.45) is 2.64. The summed E-state index contributed by atoms with van der Waals surface area (Å²) in [4.78, 5) is 12.3. The first-order chi connectivity index (χ1) is 10.1. The fourth-order valence-electron chi connectivity index (χ4n) is 3.07. The van der Waals surface area contributed by atoms with Crippen molar-refractivity contribution in [1.82, 2.24) is 0 Å². The maximum Gasteiger partial charge on any atom is 0.247 e. The van der Waals surface area contributed by atoms with Gasteiger partial charge in [-0.1, -0.05) is 36.4 Å². The minimum Gasteiger partial charge on any atom is -0.367 e. The zero-order valence-electron chi connectivity index (χ0n) is 11.6. The first-order valence-electron chi connectivity index (χ1n) is 7.04. The van der Waals surface area contributed by atoms with Crippen LogP contribution < -0.4 is 11.1 Å². The van der Waals surface area contributed by atoms with Gasteiger partial charge in [-0.05, 0) is 58.5 Å². The lowest BCUT2D eigenvalue weighted by atomic mass is 9.75. The van der Waals surface area contributed by atoms with Gasteiger partial charge in [-0.2, -0.15) is 0 Å². The van der Waals surface area contributed by atoms with Crippen molar-refractivity contribution >= 4 is 27.5 Å². The second kappa shape index (κ2) is 5.53. The SMILES string of the molecule is NC(=O)C1(Nc2ccccc2Br)CCCc2ccccc21. The van der Waals surface area contributed by atoms with E-state index in [1.54, 1.807) is 0 Å². The molecule has 0 radical (unpaired) electrons. The van der Waals surface area contributed by atoms with Crippen LogP contribution in [-0.2, 0) is 16.8 Å². The molecule has 3 nitrogen and oxygen atoms in total. The van der Waals surface area contributed by atoms with E-state index in [0.717, 1.165) is 28.6 Å². The lowest BCUT2D eigenvalue weighted by Crippen LogP contribution is -2.49. The van der Waals surface area contributed by atoms with Crippen molar-refractivity contribution in [2.45, 2.75) is 24.8 Å². The molecule has 1 atom stereocenters. The van der Waals surface area contributed by atoms with Crippen LogP contribution >= 0.6 is 15.9 Å². The number of amides is 1. The smallest absolute Gasteiger partial charge is 0.247 e. The molecule has 0 aromatic heterocycles. The predicted molar refractivity (Wildman–Crippen MR) is 88.0 cm³/mol. The van der Waals surface area contributed by atoms with Gasteiger partial charge in [-0.3, -0.25) is 4.79 Å². The van der Waals surface area contributed by atoms with Crippen molar-refractivity contribution in [3.63, 3.8) is 0 Å². The Hall–Kier alpha value is -1.81. The van der Waals surface area contributed by atoms with Gasteiger partial charge in [-0.25, -0.2) is 0 Å². The number of nitrogens with two attached hydrogens (primary N) is 1. The highest BCUT2D eigenvalue weighted by Gasteiger charge is 2.42. The van der Waals surface area contributed by atoms with Crippen LogP contribution in [0.25, 0.3) is 0 Å². The van der Waals surface area contributed by atoms with Crippen molar-refractivity contribution in [3.05, 3.63) is 64.1 Å². The van der Waals surface area contributed by atoms with Crippen molar-refractivity contribution in [2.75, 3.05) is 5.32 Å². The van der Waals surface area contributed by atoms with Crippen LogP contribution in [0.2, 0.25) is 0 Å². The molecular weight excluding hydrogens is 328 g/mol. The molecule has 3 N–H and O–H groups in total. The number of hydrogen-bond donors (Lipinski definition) is 2. The molecule has 108 valence electrons. The second-order valence-electron chi connectivity index (χ2n) is 5.39. The van der Waals surface area contributed by atoms with Crippen molar-refractivity contribution in [2.24, 2.45) is 5.73 Å². The van der Waals surface area contributed by atoms with E-state index in [1.165, 1.54) is 5.56 Å². The number of halogens is 1. The summed E-state index contributed by atoms with van der Waals surface area (Å²) in [5.74, 6) is -0.328. The zero-order chi connectivity index (χ0) is 14.9.